The van der Waals surface area contributed by atoms with Crippen LogP contribution in [0.15, 0.2) is 18.2 Å². The zero-order chi connectivity index (χ0) is 11.7. The van der Waals surface area contributed by atoms with Gasteiger partial charge >= 0.3 is 0 Å². The van der Waals surface area contributed by atoms with Gasteiger partial charge in [0.2, 0.25) is 5.91 Å². The maximum atomic E-state index is 11.6. The van der Waals surface area contributed by atoms with E-state index in [-0.39, 0.29) is 11.8 Å². The Labute approximate surface area is 103 Å². The highest BCUT2D eigenvalue weighted by atomic mass is 35.5. The number of amides is 1. The minimum Gasteiger partial charge on any atom is -0.309 e. The third kappa shape index (κ3) is 2.18. The van der Waals surface area contributed by atoms with E-state index >= 15 is 0 Å². The first-order valence-electron chi connectivity index (χ1n) is 4.93. The van der Waals surface area contributed by atoms with Crippen LogP contribution in [0.2, 0.25) is 5.02 Å². The molecule has 1 aromatic heterocycles. The number of halogens is 1. The van der Waals surface area contributed by atoms with Crippen LogP contribution in [0, 0.1) is 5.92 Å². The molecule has 0 aliphatic heterocycles. The number of anilines is 1. The molecule has 3 nitrogen and oxygen atoms in total. The lowest BCUT2D eigenvalue weighted by atomic mass is 10.2. The monoisotopic (exact) mass is 254 g/mol. The van der Waals surface area contributed by atoms with Gasteiger partial charge in [0, 0.05) is 16.3 Å². The molecule has 0 unspecified atom stereocenters. The van der Waals surface area contributed by atoms with Crippen LogP contribution in [0.4, 0.5) is 5.82 Å². The number of benzene rings is 1. The Kier molecular flexibility index (Phi) is 3.12. The molecule has 0 saturated carbocycles. The molecule has 0 atom stereocenters. The van der Waals surface area contributed by atoms with Gasteiger partial charge in [-0.15, -0.1) is 0 Å². The second-order valence-corrected chi connectivity index (χ2v) is 5.06. The van der Waals surface area contributed by atoms with Crippen LogP contribution in [0.5, 0.6) is 0 Å². The minimum absolute atomic E-state index is 0.0350. The molecular weight excluding hydrogens is 244 g/mol. The molecule has 84 valence electrons. The third-order valence-electron chi connectivity index (χ3n) is 2.20. The highest BCUT2D eigenvalue weighted by Gasteiger charge is 2.12. The standard InChI is InChI=1S/C11H11ClN2OS/c1-6(2)11(15)13-10-8-5-7(12)3-4-9(8)16-14-10/h3-6H,1-2H3,(H,13,14,15). The van der Waals surface area contributed by atoms with Crippen molar-refractivity contribution in [1.29, 1.82) is 0 Å². The number of hydrogen-bond donors (Lipinski definition) is 1. The van der Waals surface area contributed by atoms with Crippen molar-refractivity contribution in [1.82, 2.24) is 4.37 Å². The average Bonchev–Trinajstić information content (AvgIpc) is 2.61. The lowest BCUT2D eigenvalue weighted by Gasteiger charge is -2.04. The van der Waals surface area contributed by atoms with Gasteiger partial charge in [-0.2, -0.15) is 4.37 Å². The van der Waals surface area contributed by atoms with Gasteiger partial charge in [-0.3, -0.25) is 4.79 Å². The maximum absolute atomic E-state index is 11.6. The quantitative estimate of drug-likeness (QED) is 0.891. The van der Waals surface area contributed by atoms with Crippen molar-refractivity contribution in [3.63, 3.8) is 0 Å². The molecule has 0 radical (unpaired) electrons. The van der Waals surface area contributed by atoms with E-state index in [9.17, 15) is 4.79 Å². The Morgan fingerprint density at radius 3 is 2.94 bits per heavy atom. The van der Waals surface area contributed by atoms with E-state index in [1.165, 1.54) is 11.5 Å². The molecule has 16 heavy (non-hydrogen) atoms. The van der Waals surface area contributed by atoms with E-state index in [0.717, 1.165) is 10.1 Å². The SMILES string of the molecule is CC(C)C(=O)Nc1nsc2ccc(Cl)cc12. The number of fused-ring (bicyclic) bond motifs is 1. The zero-order valence-electron chi connectivity index (χ0n) is 8.95. The van der Waals surface area contributed by atoms with Gasteiger partial charge in [0.05, 0.1) is 4.70 Å². The molecule has 1 aromatic carbocycles. The summed E-state index contributed by atoms with van der Waals surface area (Å²) in [6, 6.07) is 5.53. The van der Waals surface area contributed by atoms with Crippen LogP contribution < -0.4 is 5.32 Å². The topological polar surface area (TPSA) is 42.0 Å². The first kappa shape index (κ1) is 11.4. The van der Waals surface area contributed by atoms with Gasteiger partial charge in [-0.1, -0.05) is 25.4 Å². The molecule has 1 heterocycles. The number of nitrogens with one attached hydrogen (secondary N) is 1. The minimum atomic E-state index is -0.0593. The van der Waals surface area contributed by atoms with Crippen LogP contribution in [0.3, 0.4) is 0 Å². The van der Waals surface area contributed by atoms with Crippen molar-refractivity contribution < 1.29 is 4.79 Å². The average molecular weight is 255 g/mol. The van der Waals surface area contributed by atoms with Crippen molar-refractivity contribution >= 4 is 44.9 Å². The largest absolute Gasteiger partial charge is 0.309 e. The molecule has 0 spiro atoms. The predicted octanol–water partition coefficient (Wildman–Crippen LogP) is 3.54. The molecule has 0 bridgehead atoms. The Morgan fingerprint density at radius 2 is 2.25 bits per heavy atom. The molecular formula is C11H11ClN2OS. The molecule has 0 aliphatic rings. The van der Waals surface area contributed by atoms with E-state index in [1.807, 2.05) is 32.0 Å². The van der Waals surface area contributed by atoms with Crippen LogP contribution in [0.25, 0.3) is 10.1 Å². The summed E-state index contributed by atoms with van der Waals surface area (Å²) in [7, 11) is 0. The van der Waals surface area contributed by atoms with Crippen molar-refractivity contribution in [3.8, 4) is 0 Å². The summed E-state index contributed by atoms with van der Waals surface area (Å²) in [5.41, 5.74) is 0. The summed E-state index contributed by atoms with van der Waals surface area (Å²) in [6.07, 6.45) is 0. The Hall–Kier alpha value is -1.13. The fourth-order valence-corrected chi connectivity index (χ4v) is 2.15. The Bertz CT molecular complexity index is 536. The van der Waals surface area contributed by atoms with Crippen molar-refractivity contribution in [2.75, 3.05) is 5.32 Å². The fraction of sp³-hybridized carbons (Fsp3) is 0.273. The smallest absolute Gasteiger partial charge is 0.228 e. The number of carbonyl (C=O) groups is 1. The lowest BCUT2D eigenvalue weighted by Crippen LogP contribution is -2.17. The first-order chi connectivity index (χ1) is 7.58. The second kappa shape index (κ2) is 4.39. The highest BCUT2D eigenvalue weighted by Crippen LogP contribution is 2.29. The number of carbonyl (C=O) groups excluding carboxylic acids is 1. The van der Waals surface area contributed by atoms with Gasteiger partial charge < -0.3 is 5.32 Å². The summed E-state index contributed by atoms with van der Waals surface area (Å²) < 4.78 is 5.23. The molecule has 2 aromatic rings. The first-order valence-corrected chi connectivity index (χ1v) is 6.09. The summed E-state index contributed by atoms with van der Waals surface area (Å²) in [5.74, 6) is 0.504. The van der Waals surface area contributed by atoms with Gasteiger partial charge in [0.1, 0.15) is 0 Å². The van der Waals surface area contributed by atoms with Crippen LogP contribution in [-0.4, -0.2) is 10.3 Å². The Morgan fingerprint density at radius 1 is 1.50 bits per heavy atom. The summed E-state index contributed by atoms with van der Waals surface area (Å²) in [5, 5.41) is 4.33. The zero-order valence-corrected chi connectivity index (χ0v) is 10.5. The van der Waals surface area contributed by atoms with E-state index in [1.54, 1.807) is 0 Å². The summed E-state index contributed by atoms with van der Waals surface area (Å²) >= 11 is 7.26. The molecule has 1 amide bonds. The normalized spacial score (nSPS) is 11.0. The molecule has 2 rings (SSSR count). The van der Waals surface area contributed by atoms with E-state index in [2.05, 4.69) is 9.69 Å². The van der Waals surface area contributed by atoms with Gasteiger partial charge in [-0.25, -0.2) is 0 Å². The van der Waals surface area contributed by atoms with Crippen molar-refractivity contribution in [3.05, 3.63) is 23.2 Å². The van der Waals surface area contributed by atoms with Gasteiger partial charge in [0.25, 0.3) is 0 Å². The van der Waals surface area contributed by atoms with Crippen LogP contribution in [-0.2, 0) is 4.79 Å². The van der Waals surface area contributed by atoms with Crippen molar-refractivity contribution in [2.24, 2.45) is 5.92 Å². The number of nitrogens with zero attached hydrogens (tertiary/aromatic N) is 1. The highest BCUT2D eigenvalue weighted by molar-refractivity contribution is 7.13. The fourth-order valence-electron chi connectivity index (χ4n) is 1.26. The molecule has 0 saturated heterocycles. The molecule has 1 N–H and O–H groups in total. The van der Waals surface area contributed by atoms with Gasteiger partial charge in [-0.05, 0) is 29.7 Å². The lowest BCUT2D eigenvalue weighted by molar-refractivity contribution is -0.118. The van der Waals surface area contributed by atoms with Crippen LogP contribution >= 0.6 is 23.1 Å². The number of rotatable bonds is 2. The van der Waals surface area contributed by atoms with Gasteiger partial charge in [0.15, 0.2) is 5.82 Å². The number of aromatic nitrogens is 1. The number of hydrogen-bond acceptors (Lipinski definition) is 3. The molecule has 5 heteroatoms. The summed E-state index contributed by atoms with van der Waals surface area (Å²) in [4.78, 5) is 11.6. The summed E-state index contributed by atoms with van der Waals surface area (Å²) in [6.45, 7) is 3.69. The molecule has 0 aliphatic carbocycles. The van der Waals surface area contributed by atoms with Crippen molar-refractivity contribution in [2.45, 2.75) is 13.8 Å². The van der Waals surface area contributed by atoms with E-state index in [0.29, 0.717) is 10.8 Å². The van der Waals surface area contributed by atoms with E-state index in [4.69, 9.17) is 11.6 Å². The van der Waals surface area contributed by atoms with E-state index < -0.39 is 0 Å². The second-order valence-electron chi connectivity index (χ2n) is 3.82. The Balaban J connectivity index is 2.38. The maximum Gasteiger partial charge on any atom is 0.228 e. The van der Waals surface area contributed by atoms with Crippen LogP contribution in [0.1, 0.15) is 13.8 Å². The third-order valence-corrected chi connectivity index (χ3v) is 3.26. The molecule has 0 fully saturated rings. The predicted molar refractivity (Wildman–Crippen MR) is 68.1 cm³/mol.